The Labute approximate surface area is 139 Å². The van der Waals surface area contributed by atoms with Gasteiger partial charge in [-0.1, -0.05) is 45.9 Å². The van der Waals surface area contributed by atoms with Crippen LogP contribution in [0.15, 0.2) is 58.3 Å². The number of hydrogen-bond donors (Lipinski definition) is 0. The Bertz CT molecular complexity index is 569. The van der Waals surface area contributed by atoms with Gasteiger partial charge >= 0.3 is 17.1 Å². The summed E-state index contributed by atoms with van der Waals surface area (Å²) < 4.78 is 0. The number of benzene rings is 2. The van der Waals surface area contributed by atoms with Crippen LogP contribution >= 0.6 is 21.6 Å². The maximum absolute atomic E-state index is 10.6. The Kier molecular flexibility index (Phi) is 6.84. The molecule has 0 saturated heterocycles. The van der Waals surface area contributed by atoms with E-state index in [4.69, 9.17) is 0 Å². The third-order valence-electron chi connectivity index (χ3n) is 2.41. The predicted octanol–water partition coefficient (Wildman–Crippen LogP) is 1.21. The molecule has 4 nitrogen and oxygen atoms in total. The van der Waals surface area contributed by atoms with Gasteiger partial charge in [-0.15, -0.1) is 0 Å². The maximum atomic E-state index is 10.6. The summed E-state index contributed by atoms with van der Waals surface area (Å²) in [6, 6.07) is 12.7. The molecule has 1 radical (unpaired) electrons. The molecule has 0 atom stereocenters. The second kappa shape index (κ2) is 8.14. The molecule has 107 valence electrons. The Morgan fingerprint density at radius 3 is 1.19 bits per heavy atom. The number of carbonyl (C=O) groups excluding carboxylic acids is 2. The van der Waals surface area contributed by atoms with Crippen LogP contribution in [0.5, 0.6) is 0 Å². The number of carboxylic acids is 2. The van der Waals surface area contributed by atoms with Gasteiger partial charge in [0.2, 0.25) is 0 Å². The molecule has 0 heterocycles. The molecule has 0 unspecified atom stereocenters. The number of rotatable bonds is 5. The fraction of sp³-hybridized carbons (Fsp3) is 0. The van der Waals surface area contributed by atoms with Gasteiger partial charge in [0.25, 0.3) is 0 Å². The number of hydrogen-bond acceptors (Lipinski definition) is 6. The predicted molar refractivity (Wildman–Crippen MR) is 73.3 cm³/mol. The van der Waals surface area contributed by atoms with Crippen molar-refractivity contribution < 1.29 is 36.9 Å². The van der Waals surface area contributed by atoms with Crippen LogP contribution in [0.2, 0.25) is 0 Å². The summed E-state index contributed by atoms with van der Waals surface area (Å²) in [5.74, 6) is -2.40. The third kappa shape index (κ3) is 5.13. The van der Waals surface area contributed by atoms with Crippen molar-refractivity contribution in [1.29, 1.82) is 0 Å². The van der Waals surface area contributed by atoms with Crippen molar-refractivity contribution in [3.63, 3.8) is 0 Å². The first-order valence-corrected chi connectivity index (χ1v) is 7.68. The van der Waals surface area contributed by atoms with E-state index in [0.29, 0.717) is 0 Å². The van der Waals surface area contributed by atoms with Crippen LogP contribution in [0.3, 0.4) is 0 Å². The number of aromatic carboxylic acids is 2. The van der Waals surface area contributed by atoms with E-state index in [2.05, 4.69) is 0 Å². The van der Waals surface area contributed by atoms with Gasteiger partial charge < -0.3 is 19.8 Å². The van der Waals surface area contributed by atoms with Crippen LogP contribution in [-0.4, -0.2) is 11.9 Å². The zero-order chi connectivity index (χ0) is 14.5. The summed E-state index contributed by atoms with van der Waals surface area (Å²) in [6.07, 6.45) is 0. The van der Waals surface area contributed by atoms with Gasteiger partial charge in [0.1, 0.15) is 0 Å². The molecular weight excluding hydrogens is 351 g/mol. The molecule has 2 aromatic carbocycles. The van der Waals surface area contributed by atoms with E-state index in [9.17, 15) is 19.8 Å². The minimum absolute atomic E-state index is 0. The van der Waals surface area contributed by atoms with Crippen molar-refractivity contribution in [1.82, 2.24) is 0 Å². The molecule has 0 amide bonds. The van der Waals surface area contributed by atoms with Crippen LogP contribution in [0.1, 0.15) is 20.7 Å². The largest absolute Gasteiger partial charge is 2.00 e. The summed E-state index contributed by atoms with van der Waals surface area (Å²) in [5, 5.41) is 21.2. The summed E-state index contributed by atoms with van der Waals surface area (Å²) in [6.45, 7) is 0. The van der Waals surface area contributed by atoms with Crippen LogP contribution in [0, 0.1) is 0 Å². The van der Waals surface area contributed by atoms with E-state index in [0.717, 1.165) is 9.79 Å². The average molecular weight is 359 g/mol. The molecule has 0 aliphatic carbocycles. The average Bonchev–Trinajstić information content (AvgIpc) is 2.46. The van der Waals surface area contributed by atoms with Crippen LogP contribution < -0.4 is 10.2 Å². The molecule has 0 spiro atoms. The molecule has 0 saturated carbocycles. The molecule has 0 bridgehead atoms. The smallest absolute Gasteiger partial charge is 0.545 e. The van der Waals surface area contributed by atoms with Gasteiger partial charge in [0.05, 0.1) is 11.9 Å². The van der Waals surface area contributed by atoms with Crippen molar-refractivity contribution in [2.45, 2.75) is 9.79 Å². The molecule has 0 fully saturated rings. The normalized spacial score (nSPS) is 9.71. The Balaban J connectivity index is 0.00000220. The van der Waals surface area contributed by atoms with E-state index in [1.54, 1.807) is 24.3 Å². The summed E-state index contributed by atoms with van der Waals surface area (Å²) >= 11 is 0. The van der Waals surface area contributed by atoms with Gasteiger partial charge in [-0.25, -0.2) is 0 Å². The molecule has 2 rings (SSSR count). The second-order valence-electron chi connectivity index (χ2n) is 3.79. The SMILES string of the molecule is O=C([O-])c1ccc(SSc2ccc(C(=O)[O-])cc2)cc1.[Mn+2]. The van der Waals surface area contributed by atoms with Crippen molar-refractivity contribution in [2.75, 3.05) is 0 Å². The second-order valence-corrected chi connectivity index (χ2v) is 6.07. The Morgan fingerprint density at radius 1 is 0.667 bits per heavy atom. The minimum atomic E-state index is -1.20. The van der Waals surface area contributed by atoms with Gasteiger partial charge in [0.15, 0.2) is 0 Å². The summed E-state index contributed by atoms with van der Waals surface area (Å²) in [4.78, 5) is 23.0. The third-order valence-corrected chi connectivity index (χ3v) is 4.83. The summed E-state index contributed by atoms with van der Waals surface area (Å²) in [7, 11) is 2.90. The topological polar surface area (TPSA) is 80.3 Å². The summed E-state index contributed by atoms with van der Waals surface area (Å²) in [5.41, 5.74) is 0.273. The van der Waals surface area contributed by atoms with E-state index < -0.39 is 11.9 Å². The van der Waals surface area contributed by atoms with Crippen LogP contribution in [-0.2, 0) is 17.1 Å². The molecule has 21 heavy (non-hydrogen) atoms. The fourth-order valence-electron chi connectivity index (χ4n) is 1.39. The van der Waals surface area contributed by atoms with Crippen LogP contribution in [0.4, 0.5) is 0 Å². The van der Waals surface area contributed by atoms with E-state index in [1.807, 2.05) is 0 Å². The maximum Gasteiger partial charge on any atom is 2.00 e. The van der Waals surface area contributed by atoms with E-state index >= 15 is 0 Å². The molecule has 0 N–H and O–H groups in total. The number of carboxylic acid groups (broad SMARTS) is 2. The van der Waals surface area contributed by atoms with Gasteiger partial charge in [-0.3, -0.25) is 0 Å². The molecule has 2 aromatic rings. The molecule has 0 aliphatic rings. The fourth-order valence-corrected chi connectivity index (χ4v) is 3.32. The van der Waals surface area contributed by atoms with Crippen molar-refractivity contribution in [3.8, 4) is 0 Å². The van der Waals surface area contributed by atoms with Crippen molar-refractivity contribution in [2.24, 2.45) is 0 Å². The zero-order valence-electron chi connectivity index (χ0n) is 10.4. The Hall–Kier alpha value is -1.40. The minimum Gasteiger partial charge on any atom is -0.545 e. The van der Waals surface area contributed by atoms with E-state index in [-0.39, 0.29) is 28.2 Å². The van der Waals surface area contributed by atoms with Gasteiger partial charge in [-0.2, -0.15) is 0 Å². The van der Waals surface area contributed by atoms with E-state index in [1.165, 1.54) is 45.9 Å². The van der Waals surface area contributed by atoms with Gasteiger partial charge in [-0.05, 0) is 35.4 Å². The molecule has 0 aliphatic heterocycles. The monoisotopic (exact) mass is 359 g/mol. The first-order chi connectivity index (χ1) is 9.56. The zero-order valence-corrected chi connectivity index (χ0v) is 13.3. The molecule has 7 heteroatoms. The standard InChI is InChI=1S/C14H10O4S2.Mn/c15-13(16)9-1-5-11(6-2-9)19-20-12-7-3-10(4-8-12)14(17)18;/h1-8H,(H,15,16)(H,17,18);/q;+2/p-2. The molecular formula is C14H8MnO4S2. The van der Waals surface area contributed by atoms with Gasteiger partial charge in [0, 0.05) is 9.79 Å². The van der Waals surface area contributed by atoms with Crippen molar-refractivity contribution >= 4 is 33.5 Å². The van der Waals surface area contributed by atoms with Crippen LogP contribution in [0.25, 0.3) is 0 Å². The number of carbonyl (C=O) groups is 2. The molecule has 0 aromatic heterocycles. The first-order valence-electron chi connectivity index (χ1n) is 5.53. The Morgan fingerprint density at radius 2 is 0.952 bits per heavy atom. The first kappa shape index (κ1) is 17.7. The quantitative estimate of drug-likeness (QED) is 0.590. The van der Waals surface area contributed by atoms with Crippen molar-refractivity contribution in [3.05, 3.63) is 59.7 Å².